The van der Waals surface area contributed by atoms with Gasteiger partial charge in [0.25, 0.3) is 5.91 Å². The molecule has 5 rings (SSSR count). The predicted molar refractivity (Wildman–Crippen MR) is 115 cm³/mol. The molecular formula is C24H25N5O2. The summed E-state index contributed by atoms with van der Waals surface area (Å²) in [7, 11) is 0. The van der Waals surface area contributed by atoms with Gasteiger partial charge in [-0.1, -0.05) is 6.07 Å². The van der Waals surface area contributed by atoms with Crippen LogP contribution in [0.4, 0.5) is 0 Å². The van der Waals surface area contributed by atoms with Gasteiger partial charge in [-0.15, -0.1) is 0 Å². The molecule has 3 aliphatic rings. The Kier molecular flexibility index (Phi) is 4.54. The van der Waals surface area contributed by atoms with Crippen LogP contribution in [0.5, 0.6) is 0 Å². The minimum atomic E-state index is -0.0791. The van der Waals surface area contributed by atoms with E-state index in [1.807, 2.05) is 41.8 Å². The Bertz CT molecular complexity index is 1160. The molecule has 3 heterocycles. The molecule has 0 atom stereocenters. The van der Waals surface area contributed by atoms with E-state index in [0.717, 1.165) is 41.6 Å². The number of aliphatic imine (C=N–C) groups is 1. The third-order valence-electron chi connectivity index (χ3n) is 6.96. The summed E-state index contributed by atoms with van der Waals surface area (Å²) in [6.07, 6.45) is 4.86. The van der Waals surface area contributed by atoms with Gasteiger partial charge in [0.15, 0.2) is 5.78 Å². The maximum absolute atomic E-state index is 13.1. The second-order valence-corrected chi connectivity index (χ2v) is 9.27. The first-order valence-electron chi connectivity index (χ1n) is 10.9. The topological polar surface area (TPSA) is 91.4 Å². The molecule has 158 valence electrons. The van der Waals surface area contributed by atoms with Gasteiger partial charge in [-0.3, -0.25) is 19.3 Å². The van der Waals surface area contributed by atoms with Gasteiger partial charge >= 0.3 is 0 Å². The van der Waals surface area contributed by atoms with Crippen LogP contribution in [-0.2, 0) is 13.0 Å². The summed E-state index contributed by atoms with van der Waals surface area (Å²) in [5, 5.41) is 13.7. The van der Waals surface area contributed by atoms with Crippen molar-refractivity contribution in [1.29, 1.82) is 5.26 Å². The van der Waals surface area contributed by atoms with Gasteiger partial charge in [0.1, 0.15) is 17.5 Å². The molecule has 0 radical (unpaired) electrons. The Morgan fingerprint density at radius 1 is 1.19 bits per heavy atom. The van der Waals surface area contributed by atoms with Crippen molar-refractivity contribution in [3.8, 4) is 6.07 Å². The Hall–Kier alpha value is -3.27. The number of likely N-dealkylation sites (tertiary alicyclic amines) is 1. The smallest absolute Gasteiger partial charge is 0.253 e. The molecule has 1 aromatic heterocycles. The quantitative estimate of drug-likeness (QED) is 0.752. The normalized spacial score (nSPS) is 19.2. The highest BCUT2D eigenvalue weighted by molar-refractivity contribution is 6.15. The van der Waals surface area contributed by atoms with E-state index in [0.29, 0.717) is 37.3 Å². The summed E-state index contributed by atoms with van der Waals surface area (Å²) in [5.41, 5.74) is 4.50. The maximum Gasteiger partial charge on any atom is 0.253 e. The largest absolute Gasteiger partial charge is 0.339 e. The van der Waals surface area contributed by atoms with Crippen molar-refractivity contribution in [3.05, 3.63) is 52.3 Å². The first-order valence-corrected chi connectivity index (χ1v) is 10.9. The highest BCUT2D eigenvalue weighted by atomic mass is 16.2. The summed E-state index contributed by atoms with van der Waals surface area (Å²) in [4.78, 5) is 32.2. The SMILES string of the molecule is CC(C)n1ncc2c1C(=O)CC1(CCN(C(=O)c3ccc4c(c3)C(C#N)=NC4)CC1)C2. The lowest BCUT2D eigenvalue weighted by Crippen LogP contribution is -2.46. The second-order valence-electron chi connectivity index (χ2n) is 9.27. The average Bonchev–Trinajstić information content (AvgIpc) is 3.37. The zero-order valence-electron chi connectivity index (χ0n) is 17.9. The van der Waals surface area contributed by atoms with Gasteiger partial charge in [0, 0.05) is 42.2 Å². The Morgan fingerprint density at radius 2 is 1.97 bits per heavy atom. The molecule has 31 heavy (non-hydrogen) atoms. The van der Waals surface area contributed by atoms with Crippen LogP contribution in [0, 0.1) is 16.7 Å². The first-order chi connectivity index (χ1) is 14.9. The van der Waals surface area contributed by atoms with E-state index in [9.17, 15) is 14.9 Å². The van der Waals surface area contributed by atoms with Gasteiger partial charge in [0.05, 0.1) is 12.7 Å². The molecule has 1 fully saturated rings. The molecule has 0 unspecified atom stereocenters. The van der Waals surface area contributed by atoms with Crippen LogP contribution in [0.25, 0.3) is 0 Å². The van der Waals surface area contributed by atoms with Crippen LogP contribution in [0.3, 0.4) is 0 Å². The molecule has 2 aliphatic heterocycles. The molecule has 1 aromatic carbocycles. The highest BCUT2D eigenvalue weighted by Gasteiger charge is 2.43. The summed E-state index contributed by atoms with van der Waals surface area (Å²) in [6.45, 7) is 5.85. The fourth-order valence-electron chi connectivity index (χ4n) is 5.25. The fraction of sp³-hybridized carbons (Fsp3) is 0.458. The Labute approximate surface area is 181 Å². The van der Waals surface area contributed by atoms with Crippen molar-refractivity contribution in [1.82, 2.24) is 14.7 Å². The summed E-state index contributed by atoms with van der Waals surface area (Å²) >= 11 is 0. The summed E-state index contributed by atoms with van der Waals surface area (Å²) < 4.78 is 1.84. The van der Waals surface area contributed by atoms with Crippen LogP contribution in [0.2, 0.25) is 0 Å². The minimum absolute atomic E-state index is 0.0164. The van der Waals surface area contributed by atoms with Crippen LogP contribution in [-0.4, -0.2) is 45.2 Å². The minimum Gasteiger partial charge on any atom is -0.339 e. The molecule has 1 aliphatic carbocycles. The number of amides is 1. The van der Waals surface area contributed by atoms with E-state index >= 15 is 0 Å². The number of hydrogen-bond acceptors (Lipinski definition) is 5. The van der Waals surface area contributed by atoms with E-state index in [1.165, 1.54) is 0 Å². The molecule has 1 spiro atoms. The van der Waals surface area contributed by atoms with E-state index in [4.69, 9.17) is 0 Å². The number of ketones is 1. The lowest BCUT2D eigenvalue weighted by molar-refractivity contribution is 0.0517. The van der Waals surface area contributed by atoms with E-state index < -0.39 is 0 Å². The Morgan fingerprint density at radius 3 is 2.68 bits per heavy atom. The number of nitriles is 1. The lowest BCUT2D eigenvalue weighted by Gasteiger charge is -2.43. The van der Waals surface area contributed by atoms with Gasteiger partial charge in [-0.2, -0.15) is 10.4 Å². The number of rotatable bonds is 2. The van der Waals surface area contributed by atoms with Gasteiger partial charge in [0.2, 0.25) is 0 Å². The highest BCUT2D eigenvalue weighted by Crippen LogP contribution is 2.44. The van der Waals surface area contributed by atoms with Crippen LogP contribution < -0.4 is 0 Å². The molecule has 0 N–H and O–H groups in total. The molecule has 1 amide bonds. The maximum atomic E-state index is 13.1. The summed E-state index contributed by atoms with van der Waals surface area (Å²) in [6, 6.07) is 7.81. The molecule has 0 saturated carbocycles. The van der Waals surface area contributed by atoms with Crippen molar-refractivity contribution in [2.75, 3.05) is 13.1 Å². The number of hydrogen-bond donors (Lipinski definition) is 0. The van der Waals surface area contributed by atoms with Gasteiger partial charge in [-0.05, 0) is 56.2 Å². The number of aromatic nitrogens is 2. The standard InChI is InChI=1S/C24H25N5O2/c1-15(2)29-22-18(14-27-29)10-24(11-21(22)30)5-7-28(8-6-24)23(31)16-3-4-17-13-26-20(12-25)19(17)9-16/h3-4,9,14-15H,5-8,10-11,13H2,1-2H3. The van der Waals surface area contributed by atoms with Crippen LogP contribution >= 0.6 is 0 Å². The van der Waals surface area contributed by atoms with E-state index in [-0.39, 0.29) is 23.1 Å². The zero-order valence-corrected chi connectivity index (χ0v) is 17.9. The fourth-order valence-corrected chi connectivity index (χ4v) is 5.25. The second kappa shape index (κ2) is 7.16. The Balaban J connectivity index is 1.31. The molecule has 7 nitrogen and oxygen atoms in total. The molecule has 0 bridgehead atoms. The third-order valence-corrected chi connectivity index (χ3v) is 6.96. The lowest BCUT2D eigenvalue weighted by atomic mass is 9.67. The number of benzene rings is 1. The van der Waals surface area contributed by atoms with Crippen molar-refractivity contribution in [2.24, 2.45) is 10.4 Å². The molecular weight excluding hydrogens is 390 g/mol. The first kappa shape index (κ1) is 19.7. The van der Waals surface area contributed by atoms with Gasteiger partial charge in [-0.25, -0.2) is 0 Å². The van der Waals surface area contributed by atoms with Crippen molar-refractivity contribution in [3.63, 3.8) is 0 Å². The van der Waals surface area contributed by atoms with Crippen LogP contribution in [0.15, 0.2) is 29.4 Å². The monoisotopic (exact) mass is 415 g/mol. The predicted octanol–water partition coefficient (Wildman–Crippen LogP) is 3.34. The molecule has 1 saturated heterocycles. The van der Waals surface area contributed by atoms with E-state index in [1.54, 1.807) is 6.07 Å². The number of piperidine rings is 1. The van der Waals surface area contributed by atoms with Gasteiger partial charge < -0.3 is 4.90 Å². The number of carbonyl (C=O) groups excluding carboxylic acids is 2. The van der Waals surface area contributed by atoms with Crippen molar-refractivity contribution in [2.45, 2.75) is 52.1 Å². The third kappa shape index (κ3) is 3.18. The van der Waals surface area contributed by atoms with E-state index in [2.05, 4.69) is 16.2 Å². The summed E-state index contributed by atoms with van der Waals surface area (Å²) in [5.74, 6) is 0.159. The molecule has 7 heteroatoms. The van der Waals surface area contributed by atoms with Crippen molar-refractivity contribution < 1.29 is 9.59 Å². The number of fused-ring (bicyclic) bond motifs is 2. The number of carbonyl (C=O) groups is 2. The molecule has 2 aromatic rings. The zero-order chi connectivity index (χ0) is 21.8. The number of nitrogens with zero attached hydrogens (tertiary/aromatic N) is 5. The van der Waals surface area contributed by atoms with Crippen LogP contribution in [0.1, 0.15) is 76.7 Å². The van der Waals surface area contributed by atoms with Crippen molar-refractivity contribution >= 4 is 17.4 Å². The average molecular weight is 415 g/mol. The number of Topliss-reactive ketones (excluding diaryl/α,β-unsaturated/α-hetero) is 1.